The molecule has 0 spiro atoms. The zero-order chi connectivity index (χ0) is 25.1. The SMILES string of the molecule is O=C(Nc1nc2ccc(Cl)cc2s1)C(F)(F)C(F)(F)C(F)(F)C(F)(F)C(F)(F)C(F)(F)F. The second-order valence-corrected chi connectivity index (χ2v) is 7.42. The predicted molar refractivity (Wildman–Crippen MR) is 84.0 cm³/mol. The Morgan fingerprint density at radius 3 is 1.81 bits per heavy atom. The molecule has 0 saturated carbocycles. The third kappa shape index (κ3) is 3.72. The van der Waals surface area contributed by atoms with Gasteiger partial charge in [0, 0.05) is 5.02 Å². The van der Waals surface area contributed by atoms with Gasteiger partial charge in [0.1, 0.15) is 0 Å². The fourth-order valence-corrected chi connectivity index (χ4v) is 3.18. The van der Waals surface area contributed by atoms with Crippen LogP contribution in [0.2, 0.25) is 5.02 Å². The maximum absolute atomic E-state index is 13.8. The summed E-state index contributed by atoms with van der Waals surface area (Å²) in [6, 6.07) is 3.50. The van der Waals surface area contributed by atoms with Gasteiger partial charge in [-0.25, -0.2) is 4.98 Å². The standard InChI is InChI=1S/C14H4ClF13N2OS/c15-4-1-2-5-6(3-4)32-8(29-5)30-7(31)9(16,17)10(18,19)11(20,21)12(22,23)13(24,25)14(26,27)28/h1-3H,(H,29,30,31). The van der Waals surface area contributed by atoms with E-state index >= 15 is 0 Å². The minimum Gasteiger partial charge on any atom is -0.296 e. The lowest BCUT2D eigenvalue weighted by Gasteiger charge is -2.39. The maximum atomic E-state index is 13.8. The lowest BCUT2D eigenvalue weighted by Crippen LogP contribution is -2.71. The van der Waals surface area contributed by atoms with Gasteiger partial charge in [0.2, 0.25) is 0 Å². The number of hydrogen-bond acceptors (Lipinski definition) is 3. The Morgan fingerprint density at radius 1 is 0.812 bits per heavy atom. The Morgan fingerprint density at radius 2 is 1.31 bits per heavy atom. The quantitative estimate of drug-likeness (QED) is 0.426. The van der Waals surface area contributed by atoms with Crippen LogP contribution in [-0.4, -0.2) is 46.7 Å². The van der Waals surface area contributed by atoms with Crippen molar-refractivity contribution in [2.75, 3.05) is 5.32 Å². The Kier molecular flexibility index (Phi) is 6.14. The molecule has 0 bridgehead atoms. The van der Waals surface area contributed by atoms with E-state index in [4.69, 9.17) is 11.6 Å². The number of aromatic nitrogens is 1. The average molecular weight is 531 g/mol. The molecular weight excluding hydrogens is 527 g/mol. The first-order valence-corrected chi connectivity index (χ1v) is 8.64. The fraction of sp³-hybridized carbons (Fsp3) is 0.429. The van der Waals surface area contributed by atoms with Crippen molar-refractivity contribution in [3.8, 4) is 0 Å². The molecule has 1 amide bonds. The van der Waals surface area contributed by atoms with Gasteiger partial charge in [-0.3, -0.25) is 10.1 Å². The molecule has 0 radical (unpaired) electrons. The number of thiazole rings is 1. The summed E-state index contributed by atoms with van der Waals surface area (Å²) in [5, 5.41) is -0.00395. The lowest BCUT2D eigenvalue weighted by molar-refractivity contribution is -0.435. The van der Waals surface area contributed by atoms with Crippen LogP contribution < -0.4 is 5.32 Å². The second-order valence-electron chi connectivity index (χ2n) is 5.95. The van der Waals surface area contributed by atoms with E-state index in [9.17, 15) is 61.9 Å². The lowest BCUT2D eigenvalue weighted by atomic mass is 9.93. The van der Waals surface area contributed by atoms with Crippen LogP contribution in [0.4, 0.5) is 62.2 Å². The number of hydrogen-bond donors (Lipinski definition) is 1. The second kappa shape index (κ2) is 7.50. The highest BCUT2D eigenvalue weighted by atomic mass is 35.5. The first-order valence-electron chi connectivity index (χ1n) is 7.44. The van der Waals surface area contributed by atoms with Gasteiger partial charge in [-0.15, -0.1) is 0 Å². The number of nitrogens with one attached hydrogen (secondary N) is 1. The number of carbonyl (C=O) groups is 1. The van der Waals surface area contributed by atoms with Crippen LogP contribution >= 0.6 is 22.9 Å². The summed E-state index contributed by atoms with van der Waals surface area (Å²) in [6.07, 6.45) is -7.53. The molecule has 2 rings (SSSR count). The van der Waals surface area contributed by atoms with Crippen molar-refractivity contribution in [3.05, 3.63) is 23.2 Å². The summed E-state index contributed by atoms with van der Waals surface area (Å²) in [7, 11) is 0. The predicted octanol–water partition coefficient (Wildman–Crippen LogP) is 6.63. The number of amides is 1. The monoisotopic (exact) mass is 530 g/mol. The molecule has 0 atom stereocenters. The van der Waals surface area contributed by atoms with Crippen LogP contribution in [0.5, 0.6) is 0 Å². The van der Waals surface area contributed by atoms with Gasteiger partial charge >= 0.3 is 41.7 Å². The van der Waals surface area contributed by atoms with Crippen molar-refractivity contribution in [3.63, 3.8) is 0 Å². The number of halogens is 14. The molecule has 1 N–H and O–H groups in total. The number of benzene rings is 1. The van der Waals surface area contributed by atoms with E-state index in [1.54, 1.807) is 0 Å². The Bertz CT molecular complexity index is 1030. The normalized spacial score (nSPS) is 14.7. The molecule has 0 saturated heterocycles. The van der Waals surface area contributed by atoms with Crippen LogP contribution in [0.1, 0.15) is 0 Å². The maximum Gasteiger partial charge on any atom is 0.460 e. The number of anilines is 1. The largest absolute Gasteiger partial charge is 0.460 e. The van der Waals surface area contributed by atoms with Crippen molar-refractivity contribution in [2.24, 2.45) is 0 Å². The van der Waals surface area contributed by atoms with Crippen LogP contribution in [0.15, 0.2) is 18.2 Å². The van der Waals surface area contributed by atoms with Gasteiger partial charge in [0.15, 0.2) is 5.13 Å². The third-order valence-electron chi connectivity index (χ3n) is 3.79. The number of carbonyl (C=O) groups excluding carboxylic acids is 1. The average Bonchev–Trinajstić information content (AvgIpc) is 3.01. The van der Waals surface area contributed by atoms with Gasteiger partial charge < -0.3 is 0 Å². The molecule has 18 heteroatoms. The van der Waals surface area contributed by atoms with Crippen molar-refractivity contribution >= 4 is 44.2 Å². The molecule has 32 heavy (non-hydrogen) atoms. The Labute approximate surface area is 176 Å². The fourth-order valence-electron chi connectivity index (χ4n) is 2.04. The van der Waals surface area contributed by atoms with E-state index in [1.807, 2.05) is 0 Å². The van der Waals surface area contributed by atoms with Crippen molar-refractivity contribution in [1.82, 2.24) is 4.98 Å². The van der Waals surface area contributed by atoms with Crippen LogP contribution in [0, 0.1) is 0 Å². The number of rotatable bonds is 6. The number of nitrogens with zero attached hydrogens (tertiary/aromatic N) is 1. The van der Waals surface area contributed by atoms with Crippen LogP contribution in [0.3, 0.4) is 0 Å². The molecule has 3 nitrogen and oxygen atoms in total. The molecule has 0 fully saturated rings. The summed E-state index contributed by atoms with van der Waals surface area (Å²) >= 11 is 5.88. The van der Waals surface area contributed by atoms with E-state index < -0.39 is 46.8 Å². The van der Waals surface area contributed by atoms with Gasteiger partial charge in [-0.1, -0.05) is 22.9 Å². The highest BCUT2D eigenvalue weighted by Crippen LogP contribution is 2.60. The molecule has 0 aliphatic heterocycles. The van der Waals surface area contributed by atoms with Crippen molar-refractivity contribution in [2.45, 2.75) is 35.8 Å². The van der Waals surface area contributed by atoms with Crippen molar-refractivity contribution < 1.29 is 61.9 Å². The van der Waals surface area contributed by atoms with Gasteiger partial charge in [-0.2, -0.15) is 57.1 Å². The van der Waals surface area contributed by atoms with Gasteiger partial charge in [0.05, 0.1) is 10.2 Å². The van der Waals surface area contributed by atoms with Crippen LogP contribution in [0.25, 0.3) is 10.2 Å². The molecule has 1 aromatic carbocycles. The summed E-state index contributed by atoms with van der Waals surface area (Å²) in [5.74, 6) is -42.1. The highest BCUT2D eigenvalue weighted by molar-refractivity contribution is 7.22. The number of fused-ring (bicyclic) bond motifs is 1. The molecular formula is C14H4ClF13N2OS. The summed E-state index contributed by atoms with van der Waals surface area (Å²) in [5.41, 5.74) is -0.0774. The third-order valence-corrected chi connectivity index (χ3v) is 4.96. The van der Waals surface area contributed by atoms with Crippen LogP contribution in [-0.2, 0) is 4.79 Å². The Balaban J connectivity index is 2.43. The van der Waals surface area contributed by atoms with Crippen molar-refractivity contribution in [1.29, 1.82) is 0 Å². The smallest absolute Gasteiger partial charge is 0.296 e. The molecule has 0 aliphatic carbocycles. The topological polar surface area (TPSA) is 42.0 Å². The number of alkyl halides is 13. The molecule has 180 valence electrons. The highest BCUT2D eigenvalue weighted by Gasteiger charge is 2.91. The summed E-state index contributed by atoms with van der Waals surface area (Å²) in [6.45, 7) is 0. The summed E-state index contributed by atoms with van der Waals surface area (Å²) < 4.78 is 170. The van der Waals surface area contributed by atoms with E-state index in [0.717, 1.165) is 17.4 Å². The van der Waals surface area contributed by atoms with E-state index in [-0.39, 0.29) is 26.6 Å². The molecule has 0 aliphatic rings. The first kappa shape index (κ1) is 26.2. The molecule has 0 unspecified atom stereocenters. The molecule has 2 aromatic rings. The van der Waals surface area contributed by atoms with E-state index in [1.165, 1.54) is 6.07 Å². The van der Waals surface area contributed by atoms with E-state index in [0.29, 0.717) is 0 Å². The van der Waals surface area contributed by atoms with E-state index in [2.05, 4.69) is 4.98 Å². The minimum atomic E-state index is -8.09. The zero-order valence-corrected chi connectivity index (χ0v) is 15.9. The zero-order valence-electron chi connectivity index (χ0n) is 14.3. The Hall–Kier alpha value is -2.04. The molecule has 1 heterocycles. The first-order chi connectivity index (χ1) is 14.1. The minimum absolute atomic E-state index is 0.0459. The molecule has 1 aromatic heterocycles. The van der Waals surface area contributed by atoms with Gasteiger partial charge in [0.25, 0.3) is 0 Å². The van der Waals surface area contributed by atoms with Gasteiger partial charge in [-0.05, 0) is 18.2 Å². The summed E-state index contributed by atoms with van der Waals surface area (Å²) in [4.78, 5) is 14.9.